The van der Waals surface area contributed by atoms with E-state index in [4.69, 9.17) is 0 Å². The number of hydrogen-bond donors (Lipinski definition) is 1. The van der Waals surface area contributed by atoms with Gasteiger partial charge in [0, 0.05) is 5.56 Å². The van der Waals surface area contributed by atoms with Gasteiger partial charge in [0.2, 0.25) is 6.41 Å². The first-order valence-electron chi connectivity index (χ1n) is 3.77. The molecule has 1 rings (SSSR count). The number of aromatic nitrogens is 1. The molecule has 1 aromatic heterocycles. The second-order valence-electron chi connectivity index (χ2n) is 2.37. The topological polar surface area (TPSA) is 42.0 Å². The Bertz CT molecular complexity index is 345. The van der Waals surface area contributed by atoms with Gasteiger partial charge in [0.25, 0.3) is 0 Å². The summed E-state index contributed by atoms with van der Waals surface area (Å²) in [4.78, 5) is 14.2. The van der Waals surface area contributed by atoms with Gasteiger partial charge in [-0.1, -0.05) is 19.2 Å². The largest absolute Gasteiger partial charge is 0.327 e. The normalized spacial score (nSPS) is 8.92. The van der Waals surface area contributed by atoms with Crippen LogP contribution in [0.2, 0.25) is 0 Å². The highest BCUT2D eigenvalue weighted by Gasteiger charge is 1.98. The fourth-order valence-corrected chi connectivity index (χ4v) is 0.973. The molecule has 0 aliphatic carbocycles. The summed E-state index contributed by atoms with van der Waals surface area (Å²) in [6.07, 6.45) is 5.48. The van der Waals surface area contributed by atoms with Crippen LogP contribution < -0.4 is 5.32 Å². The molecule has 0 aliphatic heterocycles. The van der Waals surface area contributed by atoms with Crippen molar-refractivity contribution in [1.29, 1.82) is 0 Å². The summed E-state index contributed by atoms with van der Waals surface area (Å²) in [5.74, 6) is 0. The van der Waals surface area contributed by atoms with Crippen molar-refractivity contribution in [3.63, 3.8) is 0 Å². The zero-order valence-corrected chi connectivity index (χ0v) is 7.16. The second-order valence-corrected chi connectivity index (χ2v) is 2.37. The monoisotopic (exact) mass is 174 g/mol. The summed E-state index contributed by atoms with van der Waals surface area (Å²) in [6, 6.07) is 1.78. The van der Waals surface area contributed by atoms with Crippen LogP contribution in [0.15, 0.2) is 25.4 Å². The van der Waals surface area contributed by atoms with Crippen molar-refractivity contribution in [2.24, 2.45) is 0 Å². The van der Waals surface area contributed by atoms with Crippen LogP contribution >= 0.6 is 0 Å². The lowest BCUT2D eigenvalue weighted by Gasteiger charge is -2.02. The molecule has 0 atom stereocenters. The molecule has 0 saturated carbocycles. The van der Waals surface area contributed by atoms with Crippen LogP contribution in [0, 0.1) is 0 Å². The van der Waals surface area contributed by atoms with E-state index < -0.39 is 0 Å². The Morgan fingerprint density at radius 3 is 2.69 bits per heavy atom. The molecule has 0 unspecified atom stereocenters. The summed E-state index contributed by atoms with van der Waals surface area (Å²) >= 11 is 0. The van der Waals surface area contributed by atoms with E-state index in [2.05, 4.69) is 23.5 Å². The maximum absolute atomic E-state index is 10.1. The number of anilines is 1. The minimum atomic E-state index is 0.609. The lowest BCUT2D eigenvalue weighted by molar-refractivity contribution is -0.105. The lowest BCUT2D eigenvalue weighted by atomic mass is 10.2. The predicted molar refractivity (Wildman–Crippen MR) is 54.1 cm³/mol. The first-order chi connectivity index (χ1) is 6.31. The number of nitrogens with one attached hydrogen (secondary N) is 1. The molecule has 3 nitrogen and oxygen atoms in total. The van der Waals surface area contributed by atoms with Crippen molar-refractivity contribution >= 4 is 24.2 Å². The van der Waals surface area contributed by atoms with Gasteiger partial charge in [-0.25, -0.2) is 0 Å². The molecule has 0 bridgehead atoms. The third-order valence-electron chi connectivity index (χ3n) is 1.59. The van der Waals surface area contributed by atoms with Crippen LogP contribution in [-0.4, -0.2) is 11.4 Å². The highest BCUT2D eigenvalue weighted by Crippen LogP contribution is 2.14. The minimum Gasteiger partial charge on any atom is -0.327 e. The molecule has 66 valence electrons. The summed E-state index contributed by atoms with van der Waals surface area (Å²) in [7, 11) is 0. The van der Waals surface area contributed by atoms with E-state index in [-0.39, 0.29) is 0 Å². The van der Waals surface area contributed by atoms with Gasteiger partial charge in [-0.2, -0.15) is 0 Å². The Morgan fingerprint density at radius 1 is 1.38 bits per heavy atom. The average Bonchev–Trinajstić information content (AvgIpc) is 2.18. The van der Waals surface area contributed by atoms with E-state index in [1.54, 1.807) is 24.4 Å². The molecule has 0 spiro atoms. The maximum Gasteiger partial charge on any atom is 0.211 e. The van der Waals surface area contributed by atoms with Gasteiger partial charge in [0.05, 0.1) is 17.6 Å². The van der Waals surface area contributed by atoms with Gasteiger partial charge >= 0.3 is 0 Å². The van der Waals surface area contributed by atoms with Gasteiger partial charge in [-0.05, 0) is 12.1 Å². The summed E-state index contributed by atoms with van der Waals surface area (Å²) < 4.78 is 0. The molecule has 1 aromatic rings. The van der Waals surface area contributed by atoms with E-state index in [9.17, 15) is 4.79 Å². The lowest BCUT2D eigenvalue weighted by Crippen LogP contribution is -1.96. The van der Waals surface area contributed by atoms with Crippen LogP contribution in [0.3, 0.4) is 0 Å². The highest BCUT2D eigenvalue weighted by molar-refractivity contribution is 5.73. The third kappa shape index (κ3) is 2.02. The van der Waals surface area contributed by atoms with Crippen molar-refractivity contribution in [2.75, 3.05) is 5.32 Å². The maximum atomic E-state index is 10.1. The highest BCUT2D eigenvalue weighted by atomic mass is 16.1. The van der Waals surface area contributed by atoms with Crippen LogP contribution in [0.4, 0.5) is 5.69 Å². The minimum absolute atomic E-state index is 0.609. The number of amides is 1. The fourth-order valence-electron chi connectivity index (χ4n) is 0.973. The van der Waals surface area contributed by atoms with Crippen LogP contribution in [0.25, 0.3) is 12.2 Å². The summed E-state index contributed by atoms with van der Waals surface area (Å²) in [6.45, 7) is 7.25. The molecule has 3 heteroatoms. The molecular weight excluding hydrogens is 164 g/mol. The number of pyridine rings is 1. The quantitative estimate of drug-likeness (QED) is 0.709. The van der Waals surface area contributed by atoms with Gasteiger partial charge < -0.3 is 5.32 Å². The average molecular weight is 174 g/mol. The Morgan fingerprint density at radius 2 is 2.15 bits per heavy atom. The molecule has 0 radical (unpaired) electrons. The summed E-state index contributed by atoms with van der Waals surface area (Å²) in [5.41, 5.74) is 2.25. The van der Waals surface area contributed by atoms with Crippen molar-refractivity contribution in [1.82, 2.24) is 4.98 Å². The standard InChI is InChI=1S/C10H10N2O/c1-3-8-5-9(12-7-13)6-11-10(8)4-2/h3-7H,1-2H2,(H,12,13). The molecule has 1 N–H and O–H groups in total. The molecule has 0 fully saturated rings. The van der Waals surface area contributed by atoms with Crippen LogP contribution in [-0.2, 0) is 4.79 Å². The molecular formula is C10H10N2O. The van der Waals surface area contributed by atoms with Gasteiger partial charge in [-0.3, -0.25) is 9.78 Å². The number of rotatable bonds is 4. The summed E-state index contributed by atoms with van der Waals surface area (Å²) in [5, 5.41) is 2.51. The van der Waals surface area contributed by atoms with E-state index in [1.807, 2.05) is 0 Å². The predicted octanol–water partition coefficient (Wildman–Crippen LogP) is 1.94. The molecule has 13 heavy (non-hydrogen) atoms. The number of nitrogens with zero attached hydrogens (tertiary/aromatic N) is 1. The zero-order chi connectivity index (χ0) is 9.68. The first-order valence-corrected chi connectivity index (χ1v) is 3.77. The van der Waals surface area contributed by atoms with Crippen molar-refractivity contribution in [3.8, 4) is 0 Å². The molecule has 0 aliphatic rings. The molecule has 1 amide bonds. The third-order valence-corrected chi connectivity index (χ3v) is 1.59. The van der Waals surface area contributed by atoms with Crippen molar-refractivity contribution in [2.45, 2.75) is 0 Å². The number of hydrogen-bond acceptors (Lipinski definition) is 2. The van der Waals surface area contributed by atoms with Gasteiger partial charge in [0.15, 0.2) is 0 Å². The second kappa shape index (κ2) is 4.21. The van der Waals surface area contributed by atoms with Gasteiger partial charge in [0.1, 0.15) is 0 Å². The van der Waals surface area contributed by atoms with Gasteiger partial charge in [-0.15, -0.1) is 0 Å². The molecule has 0 saturated heterocycles. The Balaban J connectivity index is 3.11. The Hall–Kier alpha value is -1.90. The first kappa shape index (κ1) is 9.19. The Labute approximate surface area is 76.8 Å². The fraction of sp³-hybridized carbons (Fsp3) is 0. The van der Waals surface area contributed by atoms with E-state index in [0.29, 0.717) is 12.1 Å². The molecule has 0 aromatic carbocycles. The van der Waals surface area contributed by atoms with Crippen LogP contribution in [0.5, 0.6) is 0 Å². The van der Waals surface area contributed by atoms with E-state index in [0.717, 1.165) is 11.3 Å². The Kier molecular flexibility index (Phi) is 2.97. The van der Waals surface area contributed by atoms with Crippen molar-refractivity contribution in [3.05, 3.63) is 36.7 Å². The van der Waals surface area contributed by atoms with Crippen molar-refractivity contribution < 1.29 is 4.79 Å². The number of carbonyl (C=O) groups is 1. The smallest absolute Gasteiger partial charge is 0.211 e. The zero-order valence-electron chi connectivity index (χ0n) is 7.16. The van der Waals surface area contributed by atoms with Crippen LogP contribution in [0.1, 0.15) is 11.3 Å². The van der Waals surface area contributed by atoms with E-state index >= 15 is 0 Å². The molecule has 1 heterocycles. The SMILES string of the molecule is C=Cc1cc(NC=O)cnc1C=C. The van der Waals surface area contributed by atoms with E-state index in [1.165, 1.54) is 0 Å². The number of carbonyl (C=O) groups excluding carboxylic acids is 1.